The molecule has 0 aliphatic carbocycles. The Bertz CT molecular complexity index is 630. The van der Waals surface area contributed by atoms with Crippen LogP contribution in [0, 0.1) is 5.92 Å². The molecule has 6 heteroatoms. The zero-order chi connectivity index (χ0) is 16.2. The molecule has 1 aliphatic heterocycles. The van der Waals surface area contributed by atoms with E-state index < -0.39 is 0 Å². The molecule has 1 atom stereocenters. The van der Waals surface area contributed by atoms with Gasteiger partial charge in [0.05, 0.1) is 10.2 Å². The van der Waals surface area contributed by atoms with Gasteiger partial charge in [0, 0.05) is 31.6 Å². The zero-order valence-electron chi connectivity index (χ0n) is 13.7. The number of fused-ring (bicyclic) bond motifs is 1. The third kappa shape index (κ3) is 3.82. The highest BCUT2D eigenvalue weighted by Crippen LogP contribution is 2.31. The number of carbonyl (C=O) groups excluding carboxylic acids is 1. The van der Waals surface area contributed by atoms with Crippen molar-refractivity contribution in [3.05, 3.63) is 24.3 Å². The molecule has 124 valence electrons. The highest BCUT2D eigenvalue weighted by atomic mass is 32.1. The number of anilines is 1. The van der Waals surface area contributed by atoms with Gasteiger partial charge >= 0.3 is 0 Å². The normalized spacial score (nSPS) is 17.4. The minimum atomic E-state index is 0.129. The second kappa shape index (κ2) is 7.27. The highest BCUT2D eigenvalue weighted by Gasteiger charge is 2.26. The summed E-state index contributed by atoms with van der Waals surface area (Å²) < 4.78 is 1.23. The Kier molecular flexibility index (Phi) is 5.13. The van der Waals surface area contributed by atoms with E-state index in [9.17, 15) is 4.79 Å². The first-order valence-electron chi connectivity index (χ1n) is 8.23. The number of nitrogens with one attached hydrogen (secondary N) is 2. The number of nitrogens with zero attached hydrogens (tertiary/aromatic N) is 2. The van der Waals surface area contributed by atoms with E-state index in [0.717, 1.165) is 36.6 Å². The maximum absolute atomic E-state index is 12.2. The summed E-state index contributed by atoms with van der Waals surface area (Å²) in [6.07, 6.45) is 1.80. The van der Waals surface area contributed by atoms with Crippen molar-refractivity contribution in [3.8, 4) is 0 Å². The topological polar surface area (TPSA) is 57.3 Å². The molecule has 0 radical (unpaired) electrons. The van der Waals surface area contributed by atoms with Crippen LogP contribution >= 0.6 is 11.3 Å². The summed E-state index contributed by atoms with van der Waals surface area (Å²) in [5.74, 6) is 0.320. The molecule has 3 rings (SSSR count). The Balaban J connectivity index is 1.54. The smallest absolute Gasteiger partial charge is 0.223 e. The van der Waals surface area contributed by atoms with Gasteiger partial charge in [0.25, 0.3) is 0 Å². The fraction of sp³-hybridized carbons (Fsp3) is 0.529. The first-order valence-corrected chi connectivity index (χ1v) is 9.04. The quantitative estimate of drug-likeness (QED) is 0.882. The van der Waals surface area contributed by atoms with Crippen LogP contribution in [0.3, 0.4) is 0 Å². The van der Waals surface area contributed by atoms with Crippen molar-refractivity contribution in [1.82, 2.24) is 15.6 Å². The summed E-state index contributed by atoms with van der Waals surface area (Å²) in [6.45, 7) is 4.56. The molecule has 0 saturated carbocycles. The van der Waals surface area contributed by atoms with Gasteiger partial charge in [-0.15, -0.1) is 0 Å². The van der Waals surface area contributed by atoms with E-state index in [-0.39, 0.29) is 11.8 Å². The monoisotopic (exact) mass is 332 g/mol. The maximum Gasteiger partial charge on any atom is 0.223 e. The molecular formula is C17H24N4OS. The number of amides is 1. The van der Waals surface area contributed by atoms with Crippen LogP contribution < -0.4 is 15.5 Å². The number of para-hydroxylation sites is 1. The van der Waals surface area contributed by atoms with E-state index in [4.69, 9.17) is 4.98 Å². The molecule has 1 amide bonds. The van der Waals surface area contributed by atoms with Gasteiger partial charge in [-0.25, -0.2) is 4.98 Å². The van der Waals surface area contributed by atoms with E-state index in [2.05, 4.69) is 34.6 Å². The van der Waals surface area contributed by atoms with Crippen LogP contribution in [-0.2, 0) is 4.79 Å². The number of rotatable bonds is 5. The highest BCUT2D eigenvalue weighted by molar-refractivity contribution is 7.22. The fourth-order valence-electron chi connectivity index (χ4n) is 2.83. The van der Waals surface area contributed by atoms with Gasteiger partial charge in [0.1, 0.15) is 0 Å². The molecule has 2 N–H and O–H groups in total. The Hall–Kier alpha value is -1.66. The molecule has 23 heavy (non-hydrogen) atoms. The molecule has 0 spiro atoms. The SMILES string of the molecule is CNC(C)CNC(=O)C1CCN(c2nc3ccccc3s2)CC1. The number of benzene rings is 1. The van der Waals surface area contributed by atoms with Crippen LogP contribution in [0.25, 0.3) is 10.2 Å². The number of aromatic nitrogens is 1. The molecule has 1 fully saturated rings. The minimum Gasteiger partial charge on any atom is -0.354 e. The number of hydrogen-bond acceptors (Lipinski definition) is 5. The standard InChI is InChI=1S/C17H24N4OS/c1-12(18-2)11-19-16(22)13-7-9-21(10-8-13)17-20-14-5-3-4-6-15(14)23-17/h3-6,12-13,18H,7-11H2,1-2H3,(H,19,22). The van der Waals surface area contributed by atoms with E-state index in [1.165, 1.54) is 4.70 Å². The second-order valence-electron chi connectivity index (χ2n) is 6.16. The predicted molar refractivity (Wildman–Crippen MR) is 96.1 cm³/mol. The van der Waals surface area contributed by atoms with Crippen molar-refractivity contribution in [2.24, 2.45) is 5.92 Å². The Labute approximate surface area is 141 Å². The number of carbonyl (C=O) groups is 1. The van der Waals surface area contributed by atoms with Crippen molar-refractivity contribution in [3.63, 3.8) is 0 Å². The first-order chi connectivity index (χ1) is 11.2. The molecule has 2 heterocycles. The maximum atomic E-state index is 12.2. The third-order valence-electron chi connectivity index (χ3n) is 4.49. The largest absolute Gasteiger partial charge is 0.354 e. The van der Waals surface area contributed by atoms with Crippen molar-refractivity contribution in [2.45, 2.75) is 25.8 Å². The Morgan fingerprint density at radius 3 is 2.83 bits per heavy atom. The molecule has 1 unspecified atom stereocenters. The lowest BCUT2D eigenvalue weighted by Gasteiger charge is -2.31. The van der Waals surface area contributed by atoms with E-state index >= 15 is 0 Å². The van der Waals surface area contributed by atoms with Crippen LogP contribution in [0.2, 0.25) is 0 Å². The van der Waals surface area contributed by atoms with Gasteiger partial charge in [0.2, 0.25) is 5.91 Å². The van der Waals surface area contributed by atoms with Crippen molar-refractivity contribution in [2.75, 3.05) is 31.6 Å². The summed E-state index contributed by atoms with van der Waals surface area (Å²) >= 11 is 1.74. The molecule has 2 aromatic rings. The lowest BCUT2D eigenvalue weighted by molar-refractivity contribution is -0.125. The van der Waals surface area contributed by atoms with Crippen molar-refractivity contribution < 1.29 is 4.79 Å². The molecule has 1 aliphatic rings. The molecule has 1 aromatic heterocycles. The van der Waals surface area contributed by atoms with Gasteiger partial charge in [-0.3, -0.25) is 4.79 Å². The fourth-order valence-corrected chi connectivity index (χ4v) is 3.85. The summed E-state index contributed by atoms with van der Waals surface area (Å²) in [4.78, 5) is 19.3. The van der Waals surface area contributed by atoms with Gasteiger partial charge in [-0.2, -0.15) is 0 Å². The van der Waals surface area contributed by atoms with Gasteiger partial charge in [0.15, 0.2) is 5.13 Å². The lowest BCUT2D eigenvalue weighted by atomic mass is 9.96. The molecule has 5 nitrogen and oxygen atoms in total. The van der Waals surface area contributed by atoms with Gasteiger partial charge < -0.3 is 15.5 Å². The van der Waals surface area contributed by atoms with E-state index in [1.807, 2.05) is 19.2 Å². The van der Waals surface area contributed by atoms with Gasteiger partial charge in [-0.1, -0.05) is 23.5 Å². The number of hydrogen-bond donors (Lipinski definition) is 2. The number of likely N-dealkylation sites (N-methyl/N-ethyl adjacent to an activating group) is 1. The first kappa shape index (κ1) is 16.2. The van der Waals surface area contributed by atoms with Crippen LogP contribution in [-0.4, -0.2) is 43.6 Å². The average Bonchev–Trinajstić information content (AvgIpc) is 3.03. The van der Waals surface area contributed by atoms with Crippen LogP contribution in [0.5, 0.6) is 0 Å². The number of piperidine rings is 1. The predicted octanol–water partition coefficient (Wildman–Crippen LogP) is 2.24. The van der Waals surface area contributed by atoms with E-state index in [0.29, 0.717) is 12.6 Å². The molecular weight excluding hydrogens is 308 g/mol. The Morgan fingerprint density at radius 1 is 1.39 bits per heavy atom. The molecule has 1 aromatic carbocycles. The lowest BCUT2D eigenvalue weighted by Crippen LogP contribution is -2.43. The third-order valence-corrected chi connectivity index (χ3v) is 5.59. The molecule has 1 saturated heterocycles. The molecule has 0 bridgehead atoms. The second-order valence-corrected chi connectivity index (χ2v) is 7.17. The van der Waals surface area contributed by atoms with Crippen LogP contribution in [0.15, 0.2) is 24.3 Å². The number of thiazole rings is 1. The summed E-state index contributed by atoms with van der Waals surface area (Å²) in [7, 11) is 1.91. The van der Waals surface area contributed by atoms with Gasteiger partial charge in [-0.05, 0) is 38.9 Å². The van der Waals surface area contributed by atoms with Crippen molar-refractivity contribution >= 4 is 32.6 Å². The minimum absolute atomic E-state index is 0.129. The van der Waals surface area contributed by atoms with Crippen LogP contribution in [0.1, 0.15) is 19.8 Å². The summed E-state index contributed by atoms with van der Waals surface area (Å²) in [5.41, 5.74) is 1.06. The zero-order valence-corrected chi connectivity index (χ0v) is 14.5. The summed E-state index contributed by atoms with van der Waals surface area (Å²) in [5, 5.41) is 7.26. The summed E-state index contributed by atoms with van der Waals surface area (Å²) in [6, 6.07) is 8.54. The Morgan fingerprint density at radius 2 is 2.13 bits per heavy atom. The average molecular weight is 332 g/mol. The van der Waals surface area contributed by atoms with E-state index in [1.54, 1.807) is 11.3 Å². The van der Waals surface area contributed by atoms with Crippen molar-refractivity contribution in [1.29, 1.82) is 0 Å². The van der Waals surface area contributed by atoms with Crippen LogP contribution in [0.4, 0.5) is 5.13 Å².